The minimum Gasteiger partial charge on any atom is -0.324 e. The lowest BCUT2D eigenvalue weighted by Crippen LogP contribution is -2.26. The average molecular weight is 517 g/mol. The fourth-order valence-corrected chi connectivity index (χ4v) is 4.31. The zero-order chi connectivity index (χ0) is 22.3. The van der Waals surface area contributed by atoms with Crippen molar-refractivity contribution in [3.63, 3.8) is 0 Å². The van der Waals surface area contributed by atoms with Gasteiger partial charge in [-0.2, -0.15) is 23.4 Å². The molecule has 0 saturated heterocycles. The lowest BCUT2D eigenvalue weighted by atomic mass is 10.2. The van der Waals surface area contributed by atoms with Crippen LogP contribution in [0.15, 0.2) is 41.1 Å². The number of halogens is 5. The quantitative estimate of drug-likeness (QED) is 0.461. The highest BCUT2D eigenvalue weighted by Gasteiger charge is 2.43. The maximum absolute atomic E-state index is 13.3. The summed E-state index contributed by atoms with van der Waals surface area (Å²) in [5.74, 6) is -0.484. The van der Waals surface area contributed by atoms with Gasteiger partial charge in [0.15, 0.2) is 5.69 Å². The SMILES string of the molecule is CC(C(=O)Nc1cccc(Cn2cc(Cl)cn2)c1)n1nc(C(F)(F)F)c(Br)c1C1CC1. The van der Waals surface area contributed by atoms with Crippen LogP contribution in [0, 0.1) is 0 Å². The third kappa shape index (κ3) is 4.79. The molecule has 1 amide bonds. The summed E-state index contributed by atoms with van der Waals surface area (Å²) in [7, 11) is 0. The summed E-state index contributed by atoms with van der Waals surface area (Å²) in [4.78, 5) is 12.8. The molecule has 0 spiro atoms. The number of hydrogen-bond acceptors (Lipinski definition) is 3. The molecule has 3 aromatic rings. The number of nitrogens with one attached hydrogen (secondary N) is 1. The molecule has 1 atom stereocenters. The van der Waals surface area contributed by atoms with Crippen molar-refractivity contribution >= 4 is 39.1 Å². The Kier molecular flexibility index (Phi) is 5.87. The number of nitrogens with zero attached hydrogens (tertiary/aromatic N) is 4. The van der Waals surface area contributed by atoms with Crippen LogP contribution in [0.4, 0.5) is 18.9 Å². The molecule has 164 valence electrons. The van der Waals surface area contributed by atoms with Gasteiger partial charge in [-0.3, -0.25) is 14.2 Å². The smallest absolute Gasteiger partial charge is 0.324 e. The van der Waals surface area contributed by atoms with Crippen molar-refractivity contribution in [3.8, 4) is 0 Å². The van der Waals surface area contributed by atoms with E-state index in [1.807, 2.05) is 6.07 Å². The standard InChI is InChI=1S/C20H18BrClF3N5O/c1-11(30-17(13-5-6-13)16(21)18(28-30)20(23,24)25)19(31)27-15-4-2-3-12(7-15)9-29-10-14(22)8-26-29/h2-4,7-8,10-11,13H,5-6,9H2,1H3,(H,27,31). The van der Waals surface area contributed by atoms with Gasteiger partial charge >= 0.3 is 6.18 Å². The van der Waals surface area contributed by atoms with E-state index in [2.05, 4.69) is 31.4 Å². The minimum absolute atomic E-state index is 0.0301. The van der Waals surface area contributed by atoms with Crippen LogP contribution in [-0.4, -0.2) is 25.5 Å². The van der Waals surface area contributed by atoms with E-state index in [9.17, 15) is 18.0 Å². The first-order valence-corrected chi connectivity index (χ1v) is 10.7. The van der Waals surface area contributed by atoms with Crippen molar-refractivity contribution < 1.29 is 18.0 Å². The molecular weight excluding hydrogens is 499 g/mol. The van der Waals surface area contributed by atoms with E-state index < -0.39 is 23.8 Å². The highest BCUT2D eigenvalue weighted by atomic mass is 79.9. The van der Waals surface area contributed by atoms with E-state index in [4.69, 9.17) is 11.6 Å². The van der Waals surface area contributed by atoms with Gasteiger partial charge in [-0.1, -0.05) is 23.7 Å². The molecule has 2 aromatic heterocycles. The van der Waals surface area contributed by atoms with Gasteiger partial charge in [-0.05, 0) is 53.4 Å². The Hall–Kier alpha value is -2.33. The number of rotatable bonds is 6. The monoisotopic (exact) mass is 515 g/mol. The molecule has 0 radical (unpaired) electrons. The molecule has 1 saturated carbocycles. The normalized spacial score (nSPS) is 15.2. The van der Waals surface area contributed by atoms with Crippen molar-refractivity contribution in [1.29, 1.82) is 0 Å². The largest absolute Gasteiger partial charge is 0.436 e. The maximum atomic E-state index is 13.3. The van der Waals surface area contributed by atoms with Crippen LogP contribution < -0.4 is 5.32 Å². The highest BCUT2D eigenvalue weighted by molar-refractivity contribution is 9.10. The van der Waals surface area contributed by atoms with Crippen LogP contribution in [0.1, 0.15) is 48.7 Å². The second kappa shape index (κ2) is 8.31. The predicted molar refractivity (Wildman–Crippen MR) is 113 cm³/mol. The predicted octanol–water partition coefficient (Wildman–Crippen LogP) is 5.64. The van der Waals surface area contributed by atoms with Crippen LogP contribution >= 0.6 is 27.5 Å². The molecule has 31 heavy (non-hydrogen) atoms. The van der Waals surface area contributed by atoms with Gasteiger partial charge in [0.1, 0.15) is 6.04 Å². The number of hydrogen-bond donors (Lipinski definition) is 1. The third-order valence-electron chi connectivity index (χ3n) is 5.01. The summed E-state index contributed by atoms with van der Waals surface area (Å²) < 4.78 is 42.8. The van der Waals surface area contributed by atoms with E-state index in [1.165, 1.54) is 17.8 Å². The highest BCUT2D eigenvalue weighted by Crippen LogP contribution is 2.47. The van der Waals surface area contributed by atoms with Gasteiger partial charge in [-0.25, -0.2) is 0 Å². The molecule has 11 heteroatoms. The van der Waals surface area contributed by atoms with Gasteiger partial charge < -0.3 is 5.32 Å². The molecule has 1 aromatic carbocycles. The third-order valence-corrected chi connectivity index (χ3v) is 5.98. The van der Waals surface area contributed by atoms with Crippen LogP contribution in [0.3, 0.4) is 0 Å². The number of aromatic nitrogens is 4. The second-order valence-electron chi connectivity index (χ2n) is 7.49. The van der Waals surface area contributed by atoms with Gasteiger partial charge in [-0.15, -0.1) is 0 Å². The molecule has 6 nitrogen and oxygen atoms in total. The first-order chi connectivity index (χ1) is 14.6. The number of carbonyl (C=O) groups is 1. The summed E-state index contributed by atoms with van der Waals surface area (Å²) in [6.07, 6.45) is 0.157. The van der Waals surface area contributed by atoms with Crippen LogP contribution in [0.2, 0.25) is 5.02 Å². The maximum Gasteiger partial charge on any atom is 0.436 e. The zero-order valence-electron chi connectivity index (χ0n) is 16.3. The number of anilines is 1. The van der Waals surface area contributed by atoms with Crippen molar-refractivity contribution in [1.82, 2.24) is 19.6 Å². The average Bonchev–Trinajstić information content (AvgIpc) is 3.35. The first kappa shape index (κ1) is 21.9. The fourth-order valence-electron chi connectivity index (χ4n) is 3.34. The minimum atomic E-state index is -4.60. The van der Waals surface area contributed by atoms with E-state index >= 15 is 0 Å². The summed E-state index contributed by atoms with van der Waals surface area (Å²) in [5.41, 5.74) is 0.820. The van der Waals surface area contributed by atoms with E-state index in [1.54, 1.807) is 29.1 Å². The molecule has 2 heterocycles. The molecule has 1 aliphatic carbocycles. The number of alkyl halides is 3. The van der Waals surface area contributed by atoms with Crippen LogP contribution in [-0.2, 0) is 17.5 Å². The Morgan fingerprint density at radius 1 is 1.39 bits per heavy atom. The molecule has 1 unspecified atom stereocenters. The Labute approximate surface area is 189 Å². The summed E-state index contributed by atoms with van der Waals surface area (Å²) >= 11 is 8.93. The Bertz CT molecular complexity index is 1120. The summed E-state index contributed by atoms with van der Waals surface area (Å²) in [6.45, 7) is 2.00. The number of amides is 1. The molecule has 1 fully saturated rings. The van der Waals surface area contributed by atoms with Crippen molar-refractivity contribution in [3.05, 3.63) is 63.1 Å². The molecule has 0 aliphatic heterocycles. The van der Waals surface area contributed by atoms with Crippen LogP contribution in [0.5, 0.6) is 0 Å². The lowest BCUT2D eigenvalue weighted by Gasteiger charge is -2.16. The molecule has 1 aliphatic rings. The molecule has 1 N–H and O–H groups in total. The first-order valence-electron chi connectivity index (χ1n) is 9.56. The van der Waals surface area contributed by atoms with Crippen LogP contribution in [0.25, 0.3) is 0 Å². The van der Waals surface area contributed by atoms with Crippen molar-refractivity contribution in [2.45, 2.75) is 44.4 Å². The van der Waals surface area contributed by atoms with Gasteiger partial charge in [0.25, 0.3) is 0 Å². The Balaban J connectivity index is 1.54. The summed E-state index contributed by atoms with van der Waals surface area (Å²) in [6, 6.07) is 6.23. The Morgan fingerprint density at radius 2 is 2.13 bits per heavy atom. The van der Waals surface area contributed by atoms with Gasteiger partial charge in [0.2, 0.25) is 5.91 Å². The number of carbonyl (C=O) groups excluding carboxylic acids is 1. The van der Waals surface area contributed by atoms with Gasteiger partial charge in [0.05, 0.1) is 27.9 Å². The topological polar surface area (TPSA) is 64.7 Å². The van der Waals surface area contributed by atoms with Gasteiger partial charge in [0, 0.05) is 17.8 Å². The summed E-state index contributed by atoms with van der Waals surface area (Å²) in [5, 5.41) is 11.2. The zero-order valence-corrected chi connectivity index (χ0v) is 18.7. The van der Waals surface area contributed by atoms with Crippen molar-refractivity contribution in [2.24, 2.45) is 0 Å². The van der Waals surface area contributed by atoms with E-state index in [0.29, 0.717) is 22.9 Å². The van der Waals surface area contributed by atoms with Crippen molar-refractivity contribution in [2.75, 3.05) is 5.32 Å². The molecule has 4 rings (SSSR count). The molecule has 0 bridgehead atoms. The molecular formula is C20H18BrClF3N5O. The lowest BCUT2D eigenvalue weighted by molar-refractivity contribution is -0.142. The Morgan fingerprint density at radius 3 is 2.74 bits per heavy atom. The van der Waals surface area contributed by atoms with E-state index in [-0.39, 0.29) is 10.4 Å². The number of benzene rings is 1. The second-order valence-corrected chi connectivity index (χ2v) is 8.72. The van der Waals surface area contributed by atoms with E-state index in [0.717, 1.165) is 18.4 Å². The fraction of sp³-hybridized carbons (Fsp3) is 0.350.